The van der Waals surface area contributed by atoms with E-state index in [9.17, 15) is 5.11 Å². The molecule has 20 heavy (non-hydrogen) atoms. The normalized spacial score (nSPS) is 14.2. The highest BCUT2D eigenvalue weighted by molar-refractivity contribution is 5.35. The van der Waals surface area contributed by atoms with Gasteiger partial charge < -0.3 is 5.11 Å². The van der Waals surface area contributed by atoms with Gasteiger partial charge in [0.2, 0.25) is 0 Å². The molecule has 3 nitrogen and oxygen atoms in total. The number of nitrogens with zero attached hydrogens (tertiary/aromatic N) is 2. The molecule has 1 aromatic heterocycles. The molecule has 2 aromatic rings. The lowest BCUT2D eigenvalue weighted by molar-refractivity contribution is 0.176. The lowest BCUT2D eigenvalue weighted by Crippen LogP contribution is -2.08. The van der Waals surface area contributed by atoms with Crippen molar-refractivity contribution < 1.29 is 5.11 Å². The van der Waals surface area contributed by atoms with Gasteiger partial charge in [0.05, 0.1) is 11.8 Å². The topological polar surface area (TPSA) is 38.0 Å². The maximum atomic E-state index is 10.4. The largest absolute Gasteiger partial charge is 0.388 e. The fourth-order valence-corrected chi connectivity index (χ4v) is 2.36. The molecule has 0 aliphatic rings. The number of benzene rings is 1. The number of rotatable bonds is 5. The maximum absolute atomic E-state index is 10.4. The number of aliphatic hydroxyl groups is 1. The number of aliphatic hydroxyl groups excluding tert-OH is 1. The van der Waals surface area contributed by atoms with Crippen LogP contribution in [0, 0.1) is 13.8 Å². The zero-order chi connectivity index (χ0) is 14.7. The summed E-state index contributed by atoms with van der Waals surface area (Å²) in [4.78, 5) is 0. The summed E-state index contributed by atoms with van der Waals surface area (Å²) in [6, 6.07) is 8.47. The standard InChI is InChI=1S/C17H24N2O/c1-5-13(3)19-10-9-15(18-19)11-17(20)16-8-6-7-12(2)14(16)4/h6-10,13,17,20H,5,11H2,1-4H3. The van der Waals surface area contributed by atoms with Crippen LogP contribution in [0.2, 0.25) is 0 Å². The molecular weight excluding hydrogens is 248 g/mol. The van der Waals surface area contributed by atoms with Crippen LogP contribution in [0.3, 0.4) is 0 Å². The van der Waals surface area contributed by atoms with Crippen LogP contribution in [-0.4, -0.2) is 14.9 Å². The Bertz CT molecular complexity index is 574. The molecule has 0 aliphatic carbocycles. The summed E-state index contributed by atoms with van der Waals surface area (Å²) >= 11 is 0. The number of hydrogen-bond acceptors (Lipinski definition) is 2. The van der Waals surface area contributed by atoms with Gasteiger partial charge in [0.1, 0.15) is 0 Å². The molecule has 0 spiro atoms. The Kier molecular flexibility index (Phi) is 4.61. The van der Waals surface area contributed by atoms with E-state index < -0.39 is 6.10 Å². The second kappa shape index (κ2) is 6.23. The highest BCUT2D eigenvalue weighted by Crippen LogP contribution is 2.23. The highest BCUT2D eigenvalue weighted by Gasteiger charge is 2.14. The van der Waals surface area contributed by atoms with Crippen LogP contribution in [0.15, 0.2) is 30.5 Å². The third kappa shape index (κ3) is 3.10. The fourth-order valence-electron chi connectivity index (χ4n) is 2.36. The SMILES string of the molecule is CCC(C)n1ccc(CC(O)c2cccc(C)c2C)n1. The second-order valence-electron chi connectivity index (χ2n) is 5.55. The molecule has 2 unspecified atom stereocenters. The predicted molar refractivity (Wildman–Crippen MR) is 81.8 cm³/mol. The van der Waals surface area contributed by atoms with Crippen molar-refractivity contribution in [3.8, 4) is 0 Å². The lowest BCUT2D eigenvalue weighted by atomic mass is 9.97. The molecule has 0 aliphatic heterocycles. The van der Waals surface area contributed by atoms with Crippen LogP contribution in [0.25, 0.3) is 0 Å². The number of hydrogen-bond donors (Lipinski definition) is 1. The van der Waals surface area contributed by atoms with Crippen molar-refractivity contribution in [1.82, 2.24) is 9.78 Å². The van der Waals surface area contributed by atoms with Crippen LogP contribution >= 0.6 is 0 Å². The molecule has 2 atom stereocenters. The van der Waals surface area contributed by atoms with Crippen molar-refractivity contribution in [2.75, 3.05) is 0 Å². The second-order valence-corrected chi connectivity index (χ2v) is 5.55. The van der Waals surface area contributed by atoms with Crippen molar-refractivity contribution in [3.05, 3.63) is 52.8 Å². The summed E-state index contributed by atoms with van der Waals surface area (Å²) in [5.41, 5.74) is 4.33. The van der Waals surface area contributed by atoms with Crippen molar-refractivity contribution in [1.29, 1.82) is 0 Å². The summed E-state index contributed by atoms with van der Waals surface area (Å²) in [5, 5.41) is 15.0. The molecule has 0 fully saturated rings. The summed E-state index contributed by atoms with van der Waals surface area (Å²) in [7, 11) is 0. The van der Waals surface area contributed by atoms with Crippen molar-refractivity contribution in [2.45, 2.75) is 52.7 Å². The monoisotopic (exact) mass is 272 g/mol. The fraction of sp³-hybridized carbons (Fsp3) is 0.471. The van der Waals surface area contributed by atoms with Crippen LogP contribution < -0.4 is 0 Å². The Hall–Kier alpha value is -1.61. The lowest BCUT2D eigenvalue weighted by Gasteiger charge is -2.14. The van der Waals surface area contributed by atoms with Gasteiger partial charge in [-0.3, -0.25) is 4.68 Å². The van der Waals surface area contributed by atoms with E-state index in [1.54, 1.807) is 0 Å². The zero-order valence-corrected chi connectivity index (χ0v) is 12.8. The smallest absolute Gasteiger partial charge is 0.0848 e. The third-order valence-corrected chi connectivity index (χ3v) is 4.11. The summed E-state index contributed by atoms with van der Waals surface area (Å²) in [5.74, 6) is 0. The molecule has 0 saturated heterocycles. The zero-order valence-electron chi connectivity index (χ0n) is 12.8. The van der Waals surface area contributed by atoms with Gasteiger partial charge in [0.15, 0.2) is 0 Å². The summed E-state index contributed by atoms with van der Waals surface area (Å²) in [6.45, 7) is 8.43. The number of aromatic nitrogens is 2. The molecule has 108 valence electrons. The number of aryl methyl sites for hydroxylation is 1. The van der Waals surface area contributed by atoms with E-state index in [1.165, 1.54) is 11.1 Å². The summed E-state index contributed by atoms with van der Waals surface area (Å²) < 4.78 is 1.98. The van der Waals surface area contributed by atoms with Gasteiger partial charge >= 0.3 is 0 Å². The van der Waals surface area contributed by atoms with Gasteiger partial charge in [0, 0.05) is 18.7 Å². The minimum atomic E-state index is -0.491. The molecule has 0 radical (unpaired) electrons. The van der Waals surface area contributed by atoms with E-state index in [-0.39, 0.29) is 0 Å². The first-order valence-corrected chi connectivity index (χ1v) is 7.31. The van der Waals surface area contributed by atoms with E-state index in [0.717, 1.165) is 17.7 Å². The quantitative estimate of drug-likeness (QED) is 0.900. The van der Waals surface area contributed by atoms with Crippen LogP contribution in [0.1, 0.15) is 54.8 Å². The van der Waals surface area contributed by atoms with E-state index in [2.05, 4.69) is 38.9 Å². The first-order chi connectivity index (χ1) is 9.52. The molecule has 0 amide bonds. The Morgan fingerprint density at radius 1 is 1.25 bits per heavy atom. The molecule has 1 N–H and O–H groups in total. The third-order valence-electron chi connectivity index (χ3n) is 4.11. The minimum absolute atomic E-state index is 0.404. The minimum Gasteiger partial charge on any atom is -0.388 e. The maximum Gasteiger partial charge on any atom is 0.0848 e. The van der Waals surface area contributed by atoms with Crippen LogP contribution in [-0.2, 0) is 6.42 Å². The van der Waals surface area contributed by atoms with Crippen LogP contribution in [0.4, 0.5) is 0 Å². The van der Waals surface area contributed by atoms with Gasteiger partial charge in [-0.1, -0.05) is 25.1 Å². The van der Waals surface area contributed by atoms with Gasteiger partial charge in [-0.05, 0) is 49.9 Å². The molecule has 2 rings (SSSR count). The molecule has 1 heterocycles. The average molecular weight is 272 g/mol. The van der Waals surface area contributed by atoms with Crippen molar-refractivity contribution >= 4 is 0 Å². The summed E-state index contributed by atoms with van der Waals surface area (Å²) in [6.07, 6.45) is 3.13. The first-order valence-electron chi connectivity index (χ1n) is 7.31. The molecule has 1 aromatic carbocycles. The van der Waals surface area contributed by atoms with E-state index in [0.29, 0.717) is 12.5 Å². The molecule has 0 bridgehead atoms. The highest BCUT2D eigenvalue weighted by atomic mass is 16.3. The van der Waals surface area contributed by atoms with Crippen molar-refractivity contribution in [2.24, 2.45) is 0 Å². The van der Waals surface area contributed by atoms with E-state index >= 15 is 0 Å². The Morgan fingerprint density at radius 3 is 2.70 bits per heavy atom. The first kappa shape index (κ1) is 14.8. The predicted octanol–water partition coefficient (Wildman–Crippen LogP) is 3.75. The van der Waals surface area contributed by atoms with E-state index in [4.69, 9.17) is 0 Å². The Balaban J connectivity index is 2.13. The Labute approximate surface area is 121 Å². The Morgan fingerprint density at radius 2 is 2.00 bits per heavy atom. The van der Waals surface area contributed by atoms with Gasteiger partial charge in [0.25, 0.3) is 0 Å². The van der Waals surface area contributed by atoms with Crippen molar-refractivity contribution in [3.63, 3.8) is 0 Å². The molecule has 0 saturated carbocycles. The van der Waals surface area contributed by atoms with Crippen LogP contribution in [0.5, 0.6) is 0 Å². The molecule has 3 heteroatoms. The average Bonchev–Trinajstić information content (AvgIpc) is 2.89. The molecular formula is C17H24N2O. The van der Waals surface area contributed by atoms with Gasteiger partial charge in [-0.25, -0.2) is 0 Å². The van der Waals surface area contributed by atoms with Gasteiger partial charge in [-0.2, -0.15) is 5.10 Å². The van der Waals surface area contributed by atoms with Gasteiger partial charge in [-0.15, -0.1) is 0 Å². The van der Waals surface area contributed by atoms with E-state index in [1.807, 2.05) is 29.1 Å².